The monoisotopic (exact) mass is 393 g/mol. The average Bonchev–Trinajstić information content (AvgIpc) is 3.13. The van der Waals surface area contributed by atoms with Crippen molar-refractivity contribution in [2.24, 2.45) is 0 Å². The summed E-state index contributed by atoms with van der Waals surface area (Å²) in [7, 11) is 0. The fourth-order valence-corrected chi connectivity index (χ4v) is 4.50. The van der Waals surface area contributed by atoms with Crippen molar-refractivity contribution >= 4 is 40.4 Å². The summed E-state index contributed by atoms with van der Waals surface area (Å²) in [6.07, 6.45) is -2.18. The third-order valence-electron chi connectivity index (χ3n) is 4.66. The number of carbonyl (C=O) groups excluding carboxylic acids is 1. The molecule has 1 amide bonds. The van der Waals surface area contributed by atoms with Gasteiger partial charge in [0.1, 0.15) is 0 Å². The number of fused-ring (bicyclic) bond motifs is 2. The van der Waals surface area contributed by atoms with Gasteiger partial charge in [-0.2, -0.15) is 13.2 Å². The number of nitrogens with one attached hydrogen (secondary N) is 2. The standard InChI is InChI=1S/C19H18F3N3OS/c1-11(26)23-15-8-12(19(20,21)22)9-17-18(15)24-14-5-4-13(10-16(14)27-17)25-6-2-3-7-25/h4-5,8-10,24H,2-3,6-7H2,1H3,(H,23,26). The Kier molecular flexibility index (Phi) is 4.46. The number of carbonyl (C=O) groups is 1. The predicted molar refractivity (Wildman–Crippen MR) is 101 cm³/mol. The van der Waals surface area contributed by atoms with Gasteiger partial charge in [0.25, 0.3) is 0 Å². The van der Waals surface area contributed by atoms with Crippen LogP contribution in [0.25, 0.3) is 0 Å². The zero-order valence-corrected chi connectivity index (χ0v) is 15.4. The molecule has 0 spiro atoms. The van der Waals surface area contributed by atoms with E-state index in [1.165, 1.54) is 18.7 Å². The molecule has 2 aliphatic rings. The zero-order valence-electron chi connectivity index (χ0n) is 14.6. The normalized spacial score (nSPS) is 15.8. The molecule has 2 N–H and O–H groups in total. The number of nitrogens with zero attached hydrogens (tertiary/aromatic N) is 1. The Balaban J connectivity index is 1.74. The smallest absolute Gasteiger partial charge is 0.372 e. The first-order valence-electron chi connectivity index (χ1n) is 8.68. The quantitative estimate of drug-likeness (QED) is 0.606. The van der Waals surface area contributed by atoms with Gasteiger partial charge < -0.3 is 15.5 Å². The topological polar surface area (TPSA) is 44.4 Å². The summed E-state index contributed by atoms with van der Waals surface area (Å²) >= 11 is 1.29. The van der Waals surface area contributed by atoms with Crippen LogP contribution in [0.2, 0.25) is 0 Å². The van der Waals surface area contributed by atoms with E-state index in [1.807, 2.05) is 18.2 Å². The molecule has 1 saturated heterocycles. The van der Waals surface area contributed by atoms with Crippen LogP contribution >= 0.6 is 11.8 Å². The Morgan fingerprint density at radius 2 is 1.89 bits per heavy atom. The number of rotatable bonds is 2. The average molecular weight is 393 g/mol. The van der Waals surface area contributed by atoms with Crippen molar-refractivity contribution in [2.45, 2.75) is 35.7 Å². The third-order valence-corrected chi connectivity index (χ3v) is 5.76. The van der Waals surface area contributed by atoms with Crippen molar-refractivity contribution in [3.8, 4) is 0 Å². The molecule has 2 aromatic carbocycles. The highest BCUT2D eigenvalue weighted by molar-refractivity contribution is 7.99. The van der Waals surface area contributed by atoms with Crippen LogP contribution in [0, 0.1) is 0 Å². The molecule has 4 nitrogen and oxygen atoms in total. The summed E-state index contributed by atoms with van der Waals surface area (Å²) in [5, 5.41) is 5.70. The van der Waals surface area contributed by atoms with Crippen LogP contribution in [0.5, 0.6) is 0 Å². The van der Waals surface area contributed by atoms with Crippen molar-refractivity contribution in [1.82, 2.24) is 0 Å². The van der Waals surface area contributed by atoms with E-state index in [2.05, 4.69) is 15.5 Å². The fraction of sp³-hybridized carbons (Fsp3) is 0.316. The maximum atomic E-state index is 13.3. The first-order chi connectivity index (χ1) is 12.8. The minimum Gasteiger partial charge on any atom is -0.372 e. The van der Waals surface area contributed by atoms with E-state index < -0.39 is 17.6 Å². The van der Waals surface area contributed by atoms with E-state index in [1.54, 1.807) is 0 Å². The molecular weight excluding hydrogens is 375 g/mol. The lowest BCUT2D eigenvalue weighted by Crippen LogP contribution is -2.18. The summed E-state index contributed by atoms with van der Waals surface area (Å²) in [6.45, 7) is 3.27. The van der Waals surface area contributed by atoms with Crippen molar-refractivity contribution < 1.29 is 18.0 Å². The molecular formula is C19H18F3N3OS. The van der Waals surface area contributed by atoms with Crippen LogP contribution in [-0.2, 0) is 11.0 Å². The molecule has 0 aliphatic carbocycles. The largest absolute Gasteiger partial charge is 0.416 e. The predicted octanol–water partition coefficient (Wildman–Crippen LogP) is 5.47. The van der Waals surface area contributed by atoms with E-state index >= 15 is 0 Å². The highest BCUT2D eigenvalue weighted by atomic mass is 32.2. The molecule has 0 unspecified atom stereocenters. The van der Waals surface area contributed by atoms with Crippen LogP contribution in [0.1, 0.15) is 25.3 Å². The minimum absolute atomic E-state index is 0.133. The van der Waals surface area contributed by atoms with Crippen LogP contribution in [0.4, 0.5) is 35.9 Å². The maximum absolute atomic E-state index is 13.3. The summed E-state index contributed by atoms with van der Waals surface area (Å²) in [4.78, 5) is 15.1. The molecule has 2 heterocycles. The fourth-order valence-electron chi connectivity index (χ4n) is 3.40. The van der Waals surface area contributed by atoms with Crippen LogP contribution in [-0.4, -0.2) is 19.0 Å². The van der Waals surface area contributed by atoms with E-state index in [-0.39, 0.29) is 5.69 Å². The number of benzene rings is 2. The Morgan fingerprint density at radius 3 is 2.56 bits per heavy atom. The lowest BCUT2D eigenvalue weighted by molar-refractivity contribution is -0.137. The zero-order chi connectivity index (χ0) is 19.2. The van der Waals surface area contributed by atoms with E-state index in [9.17, 15) is 18.0 Å². The number of hydrogen-bond acceptors (Lipinski definition) is 4. The molecule has 2 aliphatic heterocycles. The maximum Gasteiger partial charge on any atom is 0.416 e. The van der Waals surface area contributed by atoms with Crippen molar-refractivity contribution in [3.05, 3.63) is 35.9 Å². The van der Waals surface area contributed by atoms with Gasteiger partial charge in [-0.1, -0.05) is 11.8 Å². The summed E-state index contributed by atoms with van der Waals surface area (Å²) in [6, 6.07) is 8.07. The molecule has 1 fully saturated rings. The van der Waals surface area contributed by atoms with Crippen LogP contribution in [0.3, 0.4) is 0 Å². The summed E-state index contributed by atoms with van der Waals surface area (Å²) in [5.41, 5.74) is 1.75. The van der Waals surface area contributed by atoms with Gasteiger partial charge in [-0.25, -0.2) is 0 Å². The number of halogens is 3. The van der Waals surface area contributed by atoms with Crippen molar-refractivity contribution in [3.63, 3.8) is 0 Å². The Hall–Kier alpha value is -2.35. The van der Waals surface area contributed by atoms with Crippen molar-refractivity contribution in [2.75, 3.05) is 28.6 Å². The Morgan fingerprint density at radius 1 is 1.15 bits per heavy atom. The second-order valence-corrected chi connectivity index (χ2v) is 7.76. The molecule has 0 radical (unpaired) electrons. The molecule has 0 aromatic heterocycles. The first-order valence-corrected chi connectivity index (χ1v) is 9.49. The van der Waals surface area contributed by atoms with Gasteiger partial charge in [-0.05, 0) is 43.2 Å². The number of hydrogen-bond donors (Lipinski definition) is 2. The lowest BCUT2D eigenvalue weighted by atomic mass is 10.1. The second-order valence-electron chi connectivity index (χ2n) is 6.68. The van der Waals surface area contributed by atoms with E-state index in [4.69, 9.17) is 0 Å². The van der Waals surface area contributed by atoms with E-state index in [0.717, 1.165) is 54.3 Å². The summed E-state index contributed by atoms with van der Waals surface area (Å²) in [5.74, 6) is -0.418. The first kappa shape index (κ1) is 18.0. The second kappa shape index (κ2) is 6.67. The molecule has 2 aromatic rings. The van der Waals surface area contributed by atoms with Gasteiger partial charge in [0.2, 0.25) is 5.91 Å². The van der Waals surface area contributed by atoms with Crippen molar-refractivity contribution in [1.29, 1.82) is 0 Å². The van der Waals surface area contributed by atoms with Gasteiger partial charge in [0.05, 0.1) is 22.6 Å². The van der Waals surface area contributed by atoms with Gasteiger partial charge in [0, 0.05) is 35.5 Å². The molecule has 0 bridgehead atoms. The summed E-state index contributed by atoms with van der Waals surface area (Å²) < 4.78 is 39.9. The van der Waals surface area contributed by atoms with Gasteiger partial charge in [0.15, 0.2) is 0 Å². The van der Waals surface area contributed by atoms with Crippen LogP contribution in [0.15, 0.2) is 40.1 Å². The molecule has 142 valence electrons. The van der Waals surface area contributed by atoms with Crippen LogP contribution < -0.4 is 15.5 Å². The molecule has 8 heteroatoms. The molecule has 27 heavy (non-hydrogen) atoms. The number of anilines is 4. The SMILES string of the molecule is CC(=O)Nc1cc(C(F)(F)F)cc2c1Nc1ccc(N3CCCC3)cc1S2. The molecule has 0 saturated carbocycles. The third kappa shape index (κ3) is 3.58. The van der Waals surface area contributed by atoms with Gasteiger partial charge in [-0.15, -0.1) is 0 Å². The minimum atomic E-state index is -4.49. The molecule has 4 rings (SSSR count). The number of amides is 1. The van der Waals surface area contributed by atoms with Gasteiger partial charge >= 0.3 is 6.18 Å². The lowest BCUT2D eigenvalue weighted by Gasteiger charge is -2.26. The van der Waals surface area contributed by atoms with Gasteiger partial charge in [-0.3, -0.25) is 4.79 Å². The highest BCUT2D eigenvalue weighted by Crippen LogP contribution is 2.50. The highest BCUT2D eigenvalue weighted by Gasteiger charge is 2.33. The van der Waals surface area contributed by atoms with E-state index in [0.29, 0.717) is 10.6 Å². The Bertz CT molecular complexity index is 908. The number of alkyl halides is 3. The Labute approximate surface area is 159 Å². The molecule has 0 atom stereocenters.